The van der Waals surface area contributed by atoms with Crippen molar-refractivity contribution in [3.05, 3.63) is 94.5 Å². The fourth-order valence-corrected chi connectivity index (χ4v) is 4.90. The van der Waals surface area contributed by atoms with Gasteiger partial charge in [0.1, 0.15) is 11.5 Å². The Morgan fingerprint density at radius 1 is 0.906 bits per heavy atom. The fraction of sp³-hybridized carbons (Fsp3) is 0.333. The number of phenols is 1. The Morgan fingerprint density at radius 3 is 2.47 bits per heavy atom. The Balaban J connectivity index is 1.48. The number of aromatic hydroxyl groups is 1. The highest BCUT2D eigenvalue weighted by Gasteiger charge is 2.22. The van der Waals surface area contributed by atoms with Gasteiger partial charge in [0.15, 0.2) is 0 Å². The van der Waals surface area contributed by atoms with Crippen molar-refractivity contribution in [2.75, 3.05) is 6.61 Å². The van der Waals surface area contributed by atoms with Crippen LogP contribution < -0.4 is 4.74 Å². The molecule has 32 heavy (non-hydrogen) atoms. The van der Waals surface area contributed by atoms with Gasteiger partial charge in [-0.25, -0.2) is 0 Å². The van der Waals surface area contributed by atoms with E-state index in [-0.39, 0.29) is 5.75 Å². The van der Waals surface area contributed by atoms with Gasteiger partial charge in [0.25, 0.3) is 0 Å². The molecule has 1 aliphatic carbocycles. The topological polar surface area (TPSA) is 29.5 Å². The summed E-state index contributed by atoms with van der Waals surface area (Å²) in [5.41, 5.74) is 9.08. The summed E-state index contributed by atoms with van der Waals surface area (Å²) in [4.78, 5) is 0. The monoisotopic (exact) mass is 424 g/mol. The maximum Gasteiger partial charge on any atom is 0.130 e. The maximum absolute atomic E-state index is 10.0. The van der Waals surface area contributed by atoms with Crippen LogP contribution in [0.4, 0.5) is 0 Å². The molecule has 0 saturated heterocycles. The van der Waals surface area contributed by atoms with Crippen LogP contribution in [-0.2, 0) is 12.8 Å². The van der Waals surface area contributed by atoms with E-state index in [2.05, 4.69) is 55.5 Å². The minimum atomic E-state index is 0.248. The van der Waals surface area contributed by atoms with Crippen molar-refractivity contribution in [3.8, 4) is 11.5 Å². The van der Waals surface area contributed by atoms with Gasteiger partial charge in [-0.1, -0.05) is 67.8 Å². The molecule has 1 aliphatic heterocycles. The Labute approximate surface area is 191 Å². The molecule has 3 aromatic carbocycles. The number of hydrogen-bond acceptors (Lipinski definition) is 2. The van der Waals surface area contributed by atoms with Crippen LogP contribution in [0.2, 0.25) is 0 Å². The molecule has 1 heterocycles. The molecule has 0 unspecified atom stereocenters. The fourth-order valence-electron chi connectivity index (χ4n) is 4.90. The minimum Gasteiger partial charge on any atom is -0.508 e. The number of rotatable bonds is 7. The molecule has 0 aromatic heterocycles. The minimum absolute atomic E-state index is 0.248. The molecule has 0 atom stereocenters. The van der Waals surface area contributed by atoms with Crippen LogP contribution in [0.15, 0.2) is 66.7 Å². The Bertz CT molecular complexity index is 1120. The molecule has 1 saturated carbocycles. The number of ether oxygens (including phenoxy) is 1. The Morgan fingerprint density at radius 2 is 1.69 bits per heavy atom. The van der Waals surface area contributed by atoms with Gasteiger partial charge in [-0.2, -0.15) is 0 Å². The molecule has 2 aliphatic rings. The largest absolute Gasteiger partial charge is 0.508 e. The third-order valence-corrected chi connectivity index (χ3v) is 6.91. The zero-order valence-corrected chi connectivity index (χ0v) is 18.9. The molecule has 0 spiro atoms. The SMILES string of the molecule is Cc1ccccc1C1=C(Cc2ccc(CCCC3CC3)cc2)c2ccc(O)cc2OCC1. The van der Waals surface area contributed by atoms with Gasteiger partial charge in [-0.15, -0.1) is 0 Å². The maximum atomic E-state index is 10.0. The molecular formula is C30H32O2. The van der Waals surface area contributed by atoms with Gasteiger partial charge in [-0.05, 0) is 77.6 Å². The van der Waals surface area contributed by atoms with Crippen molar-refractivity contribution < 1.29 is 9.84 Å². The van der Waals surface area contributed by atoms with Gasteiger partial charge >= 0.3 is 0 Å². The van der Waals surface area contributed by atoms with Crippen molar-refractivity contribution in [1.29, 1.82) is 0 Å². The van der Waals surface area contributed by atoms with Crippen LogP contribution in [0.1, 0.15) is 59.9 Å². The van der Waals surface area contributed by atoms with Crippen molar-refractivity contribution >= 4 is 11.1 Å². The predicted molar refractivity (Wildman–Crippen MR) is 132 cm³/mol. The zero-order chi connectivity index (χ0) is 21.9. The summed E-state index contributed by atoms with van der Waals surface area (Å²) in [6.07, 6.45) is 8.48. The second kappa shape index (κ2) is 9.24. The zero-order valence-electron chi connectivity index (χ0n) is 18.9. The molecule has 164 valence electrons. The van der Waals surface area contributed by atoms with Crippen molar-refractivity contribution in [2.45, 2.75) is 51.9 Å². The highest BCUT2D eigenvalue weighted by atomic mass is 16.5. The van der Waals surface area contributed by atoms with Crippen LogP contribution in [0.3, 0.4) is 0 Å². The van der Waals surface area contributed by atoms with E-state index < -0.39 is 0 Å². The quantitative estimate of drug-likeness (QED) is 0.429. The van der Waals surface area contributed by atoms with E-state index in [1.807, 2.05) is 6.07 Å². The van der Waals surface area contributed by atoms with Gasteiger partial charge in [-0.3, -0.25) is 0 Å². The average Bonchev–Trinajstić information content (AvgIpc) is 3.63. The molecular weight excluding hydrogens is 392 g/mol. The molecule has 0 bridgehead atoms. The molecule has 3 aromatic rings. The van der Waals surface area contributed by atoms with E-state index in [1.54, 1.807) is 12.1 Å². The van der Waals surface area contributed by atoms with E-state index >= 15 is 0 Å². The lowest BCUT2D eigenvalue weighted by molar-refractivity contribution is 0.326. The number of benzene rings is 3. The van der Waals surface area contributed by atoms with Crippen molar-refractivity contribution in [2.24, 2.45) is 5.92 Å². The number of aryl methyl sites for hydroxylation is 2. The van der Waals surface area contributed by atoms with Crippen LogP contribution in [0.25, 0.3) is 11.1 Å². The predicted octanol–water partition coefficient (Wildman–Crippen LogP) is 7.37. The van der Waals surface area contributed by atoms with E-state index in [0.717, 1.165) is 30.1 Å². The van der Waals surface area contributed by atoms with E-state index in [4.69, 9.17) is 4.74 Å². The third kappa shape index (κ3) is 4.75. The summed E-state index contributed by atoms with van der Waals surface area (Å²) in [6.45, 7) is 2.80. The first-order valence-electron chi connectivity index (χ1n) is 12.0. The lowest BCUT2D eigenvalue weighted by Crippen LogP contribution is -1.99. The highest BCUT2D eigenvalue weighted by Crippen LogP contribution is 2.41. The standard InChI is InChI=1S/C30H32O2/c1-21-5-2-3-8-26(21)27-17-18-32-30-20-25(31)15-16-28(30)29(27)19-24-13-11-23(12-14-24)7-4-6-22-9-10-22/h2-3,5,8,11-16,20,22,31H,4,6-7,9-10,17-19H2,1H3. The smallest absolute Gasteiger partial charge is 0.130 e. The molecule has 2 nitrogen and oxygen atoms in total. The van der Waals surface area contributed by atoms with E-state index in [9.17, 15) is 5.11 Å². The summed E-state index contributed by atoms with van der Waals surface area (Å²) in [7, 11) is 0. The van der Waals surface area contributed by atoms with Gasteiger partial charge in [0.05, 0.1) is 6.61 Å². The molecule has 2 heteroatoms. The summed E-state index contributed by atoms with van der Waals surface area (Å²) < 4.78 is 6.07. The van der Waals surface area contributed by atoms with Crippen LogP contribution >= 0.6 is 0 Å². The van der Waals surface area contributed by atoms with E-state index in [0.29, 0.717) is 6.61 Å². The van der Waals surface area contributed by atoms with Crippen molar-refractivity contribution in [3.63, 3.8) is 0 Å². The number of allylic oxidation sites excluding steroid dienone is 1. The highest BCUT2D eigenvalue weighted by molar-refractivity contribution is 5.94. The second-order valence-electron chi connectivity index (χ2n) is 9.38. The van der Waals surface area contributed by atoms with Gasteiger partial charge in [0, 0.05) is 18.1 Å². The molecule has 0 radical (unpaired) electrons. The molecule has 5 rings (SSSR count). The van der Waals surface area contributed by atoms with Crippen LogP contribution in [-0.4, -0.2) is 11.7 Å². The second-order valence-corrected chi connectivity index (χ2v) is 9.38. The van der Waals surface area contributed by atoms with E-state index in [1.165, 1.54) is 65.5 Å². The summed E-state index contributed by atoms with van der Waals surface area (Å²) >= 11 is 0. The average molecular weight is 425 g/mol. The lowest BCUT2D eigenvalue weighted by Gasteiger charge is -2.17. The summed E-state index contributed by atoms with van der Waals surface area (Å²) in [6, 6.07) is 23.3. The molecule has 1 fully saturated rings. The van der Waals surface area contributed by atoms with Crippen LogP contribution in [0, 0.1) is 12.8 Å². The third-order valence-electron chi connectivity index (χ3n) is 6.91. The van der Waals surface area contributed by atoms with Crippen LogP contribution in [0.5, 0.6) is 11.5 Å². The van der Waals surface area contributed by atoms with Gasteiger partial charge in [0.2, 0.25) is 0 Å². The number of fused-ring (bicyclic) bond motifs is 1. The van der Waals surface area contributed by atoms with Gasteiger partial charge < -0.3 is 9.84 Å². The lowest BCUT2D eigenvalue weighted by atomic mass is 9.87. The molecule has 1 N–H and O–H groups in total. The molecule has 0 amide bonds. The van der Waals surface area contributed by atoms with Crippen molar-refractivity contribution in [1.82, 2.24) is 0 Å². The number of hydrogen-bond donors (Lipinski definition) is 1. The number of phenolic OH excluding ortho intramolecular Hbond substituents is 1. The first-order valence-corrected chi connectivity index (χ1v) is 12.0. The Kier molecular flexibility index (Phi) is 6.03. The summed E-state index contributed by atoms with van der Waals surface area (Å²) in [5, 5.41) is 10.0. The Hall–Kier alpha value is -3.00. The summed E-state index contributed by atoms with van der Waals surface area (Å²) in [5.74, 6) is 2.04. The normalized spacial score (nSPS) is 15.8. The first-order chi connectivity index (χ1) is 15.7. The first kappa shape index (κ1) is 20.9.